The van der Waals surface area contributed by atoms with Crippen molar-refractivity contribution in [3.05, 3.63) is 29.8 Å². The van der Waals surface area contributed by atoms with Crippen LogP contribution in [0.4, 0.5) is 10.5 Å². The van der Waals surface area contributed by atoms with Crippen molar-refractivity contribution >= 4 is 17.6 Å². The summed E-state index contributed by atoms with van der Waals surface area (Å²) >= 11 is 0. The molecule has 124 valence electrons. The molecule has 0 aliphatic carbocycles. The second-order valence-corrected chi connectivity index (χ2v) is 6.07. The lowest BCUT2D eigenvalue weighted by Crippen LogP contribution is -2.36. The van der Waals surface area contributed by atoms with Gasteiger partial charge in [-0.3, -0.25) is 4.79 Å². The number of urea groups is 1. The zero-order valence-corrected chi connectivity index (χ0v) is 13.4. The monoisotopic (exact) mass is 316 g/mol. The highest BCUT2D eigenvalue weighted by Crippen LogP contribution is 2.20. The third-order valence-corrected chi connectivity index (χ3v) is 4.46. The van der Waals surface area contributed by atoms with Gasteiger partial charge in [-0.1, -0.05) is 0 Å². The Kier molecular flexibility index (Phi) is 5.00. The quantitative estimate of drug-likeness (QED) is 0.864. The van der Waals surface area contributed by atoms with Gasteiger partial charge in [-0.25, -0.2) is 4.79 Å². The Balaban J connectivity index is 1.48. The molecule has 6 nitrogen and oxygen atoms in total. The van der Waals surface area contributed by atoms with E-state index in [0.29, 0.717) is 31.7 Å². The van der Waals surface area contributed by atoms with Crippen molar-refractivity contribution < 1.29 is 9.59 Å². The summed E-state index contributed by atoms with van der Waals surface area (Å²) in [7, 11) is 0. The molecule has 0 aromatic heterocycles. The van der Waals surface area contributed by atoms with Crippen molar-refractivity contribution in [3.63, 3.8) is 0 Å². The number of carbonyl (C=O) groups is 2. The van der Waals surface area contributed by atoms with E-state index in [4.69, 9.17) is 0 Å². The lowest BCUT2D eigenvalue weighted by atomic mass is 10.1. The van der Waals surface area contributed by atoms with E-state index in [9.17, 15) is 9.59 Å². The molecule has 2 aliphatic rings. The Labute approximate surface area is 136 Å². The fourth-order valence-corrected chi connectivity index (χ4v) is 3.11. The molecule has 0 radical (unpaired) electrons. The molecule has 3 rings (SSSR count). The maximum absolute atomic E-state index is 12.1. The van der Waals surface area contributed by atoms with Crippen LogP contribution in [0.25, 0.3) is 0 Å². The van der Waals surface area contributed by atoms with E-state index >= 15 is 0 Å². The summed E-state index contributed by atoms with van der Waals surface area (Å²) in [4.78, 5) is 27.6. The third-order valence-electron chi connectivity index (χ3n) is 4.46. The van der Waals surface area contributed by atoms with Crippen molar-refractivity contribution in [2.75, 3.05) is 44.2 Å². The van der Waals surface area contributed by atoms with Crippen LogP contribution in [0.3, 0.4) is 0 Å². The van der Waals surface area contributed by atoms with Crippen molar-refractivity contribution in [1.82, 2.24) is 15.5 Å². The van der Waals surface area contributed by atoms with Gasteiger partial charge in [0.15, 0.2) is 0 Å². The molecule has 2 heterocycles. The van der Waals surface area contributed by atoms with Crippen molar-refractivity contribution in [2.24, 2.45) is 0 Å². The molecule has 3 amide bonds. The molecule has 2 fully saturated rings. The number of rotatable bonds is 5. The van der Waals surface area contributed by atoms with Crippen molar-refractivity contribution in [1.29, 1.82) is 0 Å². The molecule has 1 aromatic carbocycles. The maximum Gasteiger partial charge on any atom is 0.317 e. The molecule has 0 unspecified atom stereocenters. The number of carbonyl (C=O) groups excluding carboxylic acids is 2. The van der Waals surface area contributed by atoms with Gasteiger partial charge in [-0.05, 0) is 43.5 Å². The van der Waals surface area contributed by atoms with Crippen LogP contribution >= 0.6 is 0 Å². The van der Waals surface area contributed by atoms with Crippen LogP contribution in [0, 0.1) is 0 Å². The van der Waals surface area contributed by atoms with Crippen LogP contribution in [-0.2, 0) is 0 Å². The summed E-state index contributed by atoms with van der Waals surface area (Å²) in [6.07, 6.45) is 3.80. The summed E-state index contributed by atoms with van der Waals surface area (Å²) in [6.45, 7) is 4.61. The summed E-state index contributed by atoms with van der Waals surface area (Å²) in [6, 6.07) is 7.75. The summed E-state index contributed by atoms with van der Waals surface area (Å²) < 4.78 is 0. The molecule has 0 bridgehead atoms. The van der Waals surface area contributed by atoms with Crippen LogP contribution in [0.15, 0.2) is 24.3 Å². The molecule has 2 N–H and O–H groups in total. The molecule has 0 saturated carbocycles. The van der Waals surface area contributed by atoms with E-state index in [2.05, 4.69) is 15.5 Å². The van der Waals surface area contributed by atoms with Crippen molar-refractivity contribution in [3.8, 4) is 0 Å². The SMILES string of the molecule is O=C(NCCN1CCNC1=O)c1ccc(N2CCCCC2)cc1. The average Bonchev–Trinajstić information content (AvgIpc) is 3.01. The van der Waals surface area contributed by atoms with E-state index in [1.54, 1.807) is 4.90 Å². The first-order valence-corrected chi connectivity index (χ1v) is 8.40. The number of nitrogens with one attached hydrogen (secondary N) is 2. The van der Waals surface area contributed by atoms with Gasteiger partial charge in [0.2, 0.25) is 0 Å². The van der Waals surface area contributed by atoms with E-state index < -0.39 is 0 Å². The first-order valence-electron chi connectivity index (χ1n) is 8.40. The normalized spacial score (nSPS) is 18.0. The molecule has 2 aliphatic heterocycles. The minimum absolute atomic E-state index is 0.0508. The Hall–Kier alpha value is -2.24. The number of nitrogens with zero attached hydrogens (tertiary/aromatic N) is 2. The fourth-order valence-electron chi connectivity index (χ4n) is 3.11. The minimum Gasteiger partial charge on any atom is -0.372 e. The van der Waals surface area contributed by atoms with Gasteiger partial charge in [0.25, 0.3) is 5.91 Å². The van der Waals surface area contributed by atoms with Crippen LogP contribution in [0.5, 0.6) is 0 Å². The number of amides is 3. The van der Waals surface area contributed by atoms with Crippen LogP contribution in [0.2, 0.25) is 0 Å². The fraction of sp³-hybridized carbons (Fsp3) is 0.529. The van der Waals surface area contributed by atoms with Gasteiger partial charge in [0.1, 0.15) is 0 Å². The number of piperidine rings is 1. The van der Waals surface area contributed by atoms with E-state index in [-0.39, 0.29) is 11.9 Å². The van der Waals surface area contributed by atoms with Gasteiger partial charge < -0.3 is 20.4 Å². The van der Waals surface area contributed by atoms with Gasteiger partial charge in [0, 0.05) is 50.5 Å². The molecule has 1 aromatic rings. The molecule has 0 atom stereocenters. The number of anilines is 1. The van der Waals surface area contributed by atoms with Crippen molar-refractivity contribution in [2.45, 2.75) is 19.3 Å². The number of hydrogen-bond donors (Lipinski definition) is 2. The van der Waals surface area contributed by atoms with Crippen LogP contribution in [-0.4, -0.2) is 56.1 Å². The maximum atomic E-state index is 12.1. The highest BCUT2D eigenvalue weighted by atomic mass is 16.2. The highest BCUT2D eigenvalue weighted by Gasteiger charge is 2.18. The highest BCUT2D eigenvalue weighted by molar-refractivity contribution is 5.94. The second kappa shape index (κ2) is 7.35. The van der Waals surface area contributed by atoms with Gasteiger partial charge in [-0.2, -0.15) is 0 Å². The molecular formula is C17H24N4O2. The standard InChI is InChI=1S/C17H24N4O2/c22-16(18-8-12-21-13-9-19-17(21)23)14-4-6-15(7-5-14)20-10-2-1-3-11-20/h4-7H,1-3,8-13H2,(H,18,22)(H,19,23). The van der Waals surface area contributed by atoms with Crippen LogP contribution in [0.1, 0.15) is 29.6 Å². The van der Waals surface area contributed by atoms with Gasteiger partial charge >= 0.3 is 6.03 Å². The van der Waals surface area contributed by atoms with Gasteiger partial charge in [0.05, 0.1) is 0 Å². The third kappa shape index (κ3) is 3.94. The van der Waals surface area contributed by atoms with Gasteiger partial charge in [-0.15, -0.1) is 0 Å². The Morgan fingerprint density at radius 1 is 1.09 bits per heavy atom. The topological polar surface area (TPSA) is 64.7 Å². The predicted octanol–water partition coefficient (Wildman–Crippen LogP) is 1.43. The Morgan fingerprint density at radius 3 is 2.48 bits per heavy atom. The van der Waals surface area contributed by atoms with Crippen LogP contribution < -0.4 is 15.5 Å². The zero-order chi connectivity index (χ0) is 16.1. The lowest BCUT2D eigenvalue weighted by molar-refractivity contribution is 0.0950. The predicted molar refractivity (Wildman–Crippen MR) is 89.8 cm³/mol. The molecular weight excluding hydrogens is 292 g/mol. The summed E-state index contributed by atoms with van der Waals surface area (Å²) in [5.41, 5.74) is 1.85. The molecule has 0 spiro atoms. The second-order valence-electron chi connectivity index (χ2n) is 6.07. The summed E-state index contributed by atoms with van der Waals surface area (Å²) in [5, 5.41) is 5.62. The lowest BCUT2D eigenvalue weighted by Gasteiger charge is -2.28. The molecule has 23 heavy (non-hydrogen) atoms. The Bertz CT molecular complexity index is 552. The zero-order valence-electron chi connectivity index (χ0n) is 13.4. The van der Waals surface area contributed by atoms with E-state index in [0.717, 1.165) is 13.1 Å². The Morgan fingerprint density at radius 2 is 1.83 bits per heavy atom. The largest absolute Gasteiger partial charge is 0.372 e. The summed E-state index contributed by atoms with van der Waals surface area (Å²) in [5.74, 6) is -0.0881. The minimum atomic E-state index is -0.0881. The first-order chi connectivity index (χ1) is 11.2. The van der Waals surface area contributed by atoms with E-state index in [1.807, 2.05) is 24.3 Å². The molecule has 2 saturated heterocycles. The average molecular weight is 316 g/mol. The first kappa shape index (κ1) is 15.6. The van der Waals surface area contributed by atoms with E-state index in [1.165, 1.54) is 24.9 Å². The number of hydrogen-bond acceptors (Lipinski definition) is 3. The number of benzene rings is 1. The molecule has 6 heteroatoms. The smallest absolute Gasteiger partial charge is 0.317 e.